The first-order valence-electron chi connectivity index (χ1n) is 10.3. The van der Waals surface area contributed by atoms with Gasteiger partial charge in [-0.1, -0.05) is 47.5 Å². The van der Waals surface area contributed by atoms with Crippen LogP contribution in [0.2, 0.25) is 5.02 Å². The molecule has 1 heterocycles. The Morgan fingerprint density at radius 1 is 1.20 bits per heavy atom. The van der Waals surface area contributed by atoms with E-state index in [-0.39, 0.29) is 30.2 Å². The zero-order chi connectivity index (χ0) is 21.9. The molecular weight excluding hydrogens is 420 g/mol. The van der Waals surface area contributed by atoms with Crippen molar-refractivity contribution in [3.8, 4) is 0 Å². The molecule has 0 radical (unpaired) electrons. The van der Waals surface area contributed by atoms with Gasteiger partial charge in [-0.15, -0.1) is 0 Å². The summed E-state index contributed by atoms with van der Waals surface area (Å²) in [4.78, 5) is 12.9. The lowest BCUT2D eigenvalue weighted by molar-refractivity contribution is -0.126. The third-order valence-corrected chi connectivity index (χ3v) is 7.74. The number of amides is 1. The van der Waals surface area contributed by atoms with E-state index >= 15 is 0 Å². The van der Waals surface area contributed by atoms with Crippen molar-refractivity contribution in [1.82, 2.24) is 9.62 Å². The van der Waals surface area contributed by atoms with E-state index in [4.69, 9.17) is 11.6 Å². The largest absolute Gasteiger partial charge is 0.349 e. The molecule has 1 aliphatic rings. The lowest BCUT2D eigenvalue weighted by atomic mass is 9.96. The quantitative estimate of drug-likeness (QED) is 0.713. The maximum atomic E-state index is 12.9. The molecule has 2 aromatic rings. The van der Waals surface area contributed by atoms with Gasteiger partial charge in [0.15, 0.2) is 0 Å². The van der Waals surface area contributed by atoms with Crippen LogP contribution >= 0.6 is 11.6 Å². The Balaban J connectivity index is 1.65. The van der Waals surface area contributed by atoms with Crippen molar-refractivity contribution in [3.63, 3.8) is 0 Å². The fourth-order valence-corrected chi connectivity index (χ4v) is 5.66. The second kappa shape index (κ2) is 9.50. The molecule has 1 N–H and O–H groups in total. The van der Waals surface area contributed by atoms with E-state index in [1.54, 1.807) is 24.3 Å². The Kier molecular flexibility index (Phi) is 7.22. The van der Waals surface area contributed by atoms with Crippen molar-refractivity contribution in [2.24, 2.45) is 5.92 Å². The van der Waals surface area contributed by atoms with Crippen LogP contribution in [0.25, 0.3) is 0 Å². The molecule has 2 aromatic carbocycles. The number of carbonyl (C=O) groups excluding carboxylic acids is 1. The van der Waals surface area contributed by atoms with Crippen molar-refractivity contribution >= 4 is 27.5 Å². The number of piperidine rings is 1. The fraction of sp³-hybridized carbons (Fsp3) is 0.435. The molecule has 1 saturated heterocycles. The maximum Gasteiger partial charge on any atom is 0.224 e. The van der Waals surface area contributed by atoms with Crippen molar-refractivity contribution in [2.75, 3.05) is 13.1 Å². The van der Waals surface area contributed by atoms with Gasteiger partial charge >= 0.3 is 0 Å². The van der Waals surface area contributed by atoms with Crippen LogP contribution in [-0.4, -0.2) is 31.7 Å². The van der Waals surface area contributed by atoms with Gasteiger partial charge in [0.25, 0.3) is 0 Å². The van der Waals surface area contributed by atoms with Crippen molar-refractivity contribution in [2.45, 2.75) is 45.4 Å². The first-order chi connectivity index (χ1) is 14.2. The zero-order valence-corrected chi connectivity index (χ0v) is 19.3. The van der Waals surface area contributed by atoms with Crippen LogP contribution in [0.1, 0.15) is 48.1 Å². The SMILES string of the molecule is Cc1ccc(C)c([C@@H](C)NC(=O)[C@@H]2CCCN(S(=O)(=O)Cc3ccc(Cl)cc3)C2)c1. The van der Waals surface area contributed by atoms with Gasteiger partial charge in [0.05, 0.1) is 17.7 Å². The first kappa shape index (κ1) is 22.8. The maximum absolute atomic E-state index is 12.9. The predicted octanol–water partition coefficient (Wildman–Crippen LogP) is 4.38. The number of sulfonamides is 1. The average Bonchev–Trinajstić information content (AvgIpc) is 2.71. The van der Waals surface area contributed by atoms with Crippen LogP contribution in [0.4, 0.5) is 0 Å². The van der Waals surface area contributed by atoms with E-state index in [0.29, 0.717) is 30.0 Å². The standard InChI is InChI=1S/C23H29ClN2O3S/c1-16-6-7-17(2)22(13-16)18(3)25-23(27)20-5-4-12-26(14-20)30(28,29)15-19-8-10-21(24)11-9-19/h6-11,13,18,20H,4-5,12,14-15H2,1-3H3,(H,25,27)/t18-,20-/m1/s1. The number of carbonyl (C=O) groups is 1. The number of rotatable bonds is 6. The molecule has 30 heavy (non-hydrogen) atoms. The summed E-state index contributed by atoms with van der Waals surface area (Å²) in [5, 5.41) is 3.66. The Labute approximate surface area is 184 Å². The normalized spacial score (nSPS) is 18.7. The van der Waals surface area contributed by atoms with Crippen LogP contribution in [0.3, 0.4) is 0 Å². The van der Waals surface area contributed by atoms with Gasteiger partial charge in [0, 0.05) is 18.1 Å². The monoisotopic (exact) mass is 448 g/mol. The minimum absolute atomic E-state index is 0.0859. The summed E-state index contributed by atoms with van der Waals surface area (Å²) in [6, 6.07) is 12.9. The molecule has 1 fully saturated rings. The predicted molar refractivity (Wildman–Crippen MR) is 121 cm³/mol. The summed E-state index contributed by atoms with van der Waals surface area (Å²) in [6.07, 6.45) is 1.37. The first-order valence-corrected chi connectivity index (χ1v) is 12.2. The number of halogens is 1. The van der Waals surface area contributed by atoms with Gasteiger partial charge in [0.1, 0.15) is 0 Å². The highest BCUT2D eigenvalue weighted by Gasteiger charge is 2.33. The molecular formula is C23H29ClN2O3S. The molecule has 162 valence electrons. The van der Waals surface area contributed by atoms with Gasteiger partial charge in [-0.25, -0.2) is 12.7 Å². The van der Waals surface area contributed by atoms with Gasteiger partial charge in [0.2, 0.25) is 15.9 Å². The van der Waals surface area contributed by atoms with E-state index in [0.717, 1.165) is 16.7 Å². The van der Waals surface area contributed by atoms with E-state index in [9.17, 15) is 13.2 Å². The Morgan fingerprint density at radius 2 is 1.90 bits per heavy atom. The highest BCUT2D eigenvalue weighted by Crippen LogP contribution is 2.24. The van der Waals surface area contributed by atoms with Crippen molar-refractivity contribution in [3.05, 3.63) is 69.7 Å². The lowest BCUT2D eigenvalue weighted by Crippen LogP contribution is -2.46. The van der Waals surface area contributed by atoms with E-state index < -0.39 is 10.0 Å². The Morgan fingerprint density at radius 3 is 2.60 bits per heavy atom. The minimum Gasteiger partial charge on any atom is -0.349 e. The molecule has 3 rings (SSSR count). The summed E-state index contributed by atoms with van der Waals surface area (Å²) < 4.78 is 27.2. The Hall–Kier alpha value is -1.89. The number of benzene rings is 2. The molecule has 0 bridgehead atoms. The van der Waals surface area contributed by atoms with E-state index in [1.165, 1.54) is 4.31 Å². The number of nitrogens with zero attached hydrogens (tertiary/aromatic N) is 1. The fourth-order valence-electron chi connectivity index (χ4n) is 3.93. The third-order valence-electron chi connectivity index (χ3n) is 5.67. The third kappa shape index (κ3) is 5.62. The van der Waals surface area contributed by atoms with Crippen LogP contribution < -0.4 is 5.32 Å². The number of aryl methyl sites for hydroxylation is 2. The molecule has 1 amide bonds. The minimum atomic E-state index is -3.50. The molecule has 0 aliphatic carbocycles. The molecule has 5 nitrogen and oxygen atoms in total. The van der Waals surface area contributed by atoms with Gasteiger partial charge in [-0.3, -0.25) is 4.79 Å². The summed E-state index contributed by atoms with van der Waals surface area (Å²) in [5.41, 5.74) is 4.05. The lowest BCUT2D eigenvalue weighted by Gasteiger charge is -2.32. The van der Waals surface area contributed by atoms with E-state index in [1.807, 2.05) is 20.8 Å². The summed E-state index contributed by atoms with van der Waals surface area (Å²) >= 11 is 5.89. The number of hydrogen-bond acceptors (Lipinski definition) is 3. The highest BCUT2D eigenvalue weighted by atomic mass is 35.5. The van der Waals surface area contributed by atoms with Gasteiger partial charge in [-0.05, 0) is 62.4 Å². The molecule has 7 heteroatoms. The molecule has 0 spiro atoms. The number of nitrogens with one attached hydrogen (secondary N) is 1. The molecule has 0 saturated carbocycles. The van der Waals surface area contributed by atoms with Gasteiger partial charge in [-0.2, -0.15) is 0 Å². The smallest absolute Gasteiger partial charge is 0.224 e. The van der Waals surface area contributed by atoms with Crippen molar-refractivity contribution in [1.29, 1.82) is 0 Å². The van der Waals surface area contributed by atoms with Crippen molar-refractivity contribution < 1.29 is 13.2 Å². The topological polar surface area (TPSA) is 66.5 Å². The summed E-state index contributed by atoms with van der Waals surface area (Å²) in [6.45, 7) is 6.70. The second-order valence-corrected chi connectivity index (χ2v) is 10.6. The second-order valence-electron chi connectivity index (χ2n) is 8.17. The molecule has 0 aromatic heterocycles. The Bertz CT molecular complexity index is 1010. The summed E-state index contributed by atoms with van der Waals surface area (Å²) in [5.74, 6) is -0.515. The summed E-state index contributed by atoms with van der Waals surface area (Å²) in [7, 11) is -3.50. The number of hydrogen-bond donors (Lipinski definition) is 1. The average molecular weight is 449 g/mol. The molecule has 0 unspecified atom stereocenters. The van der Waals surface area contributed by atoms with Crippen LogP contribution in [0.15, 0.2) is 42.5 Å². The van der Waals surface area contributed by atoms with Crippen LogP contribution in [0, 0.1) is 19.8 Å². The van der Waals surface area contributed by atoms with E-state index in [2.05, 4.69) is 23.5 Å². The highest BCUT2D eigenvalue weighted by molar-refractivity contribution is 7.88. The van der Waals surface area contributed by atoms with Gasteiger partial charge < -0.3 is 5.32 Å². The van der Waals surface area contributed by atoms with Crippen LogP contribution in [-0.2, 0) is 20.6 Å². The molecule has 2 atom stereocenters. The molecule has 1 aliphatic heterocycles. The zero-order valence-electron chi connectivity index (χ0n) is 17.7. The van der Waals surface area contributed by atoms with Crippen LogP contribution in [0.5, 0.6) is 0 Å².